The number of nitrogens with one attached hydrogen (secondary N) is 1. The third-order valence-electron chi connectivity index (χ3n) is 5.24. The Morgan fingerprint density at radius 1 is 1.11 bits per heavy atom. The van der Waals surface area contributed by atoms with Crippen molar-refractivity contribution < 1.29 is 0 Å². The summed E-state index contributed by atoms with van der Waals surface area (Å²) in [6.45, 7) is 10.5. The second-order valence-electron chi connectivity index (χ2n) is 7.14. The van der Waals surface area contributed by atoms with Crippen LogP contribution in [-0.2, 0) is 13.1 Å². The van der Waals surface area contributed by atoms with E-state index in [0.717, 1.165) is 30.3 Å². The minimum Gasteiger partial charge on any atom is -0.347 e. The fraction of sp³-hybridized carbons (Fsp3) is 0.348. The van der Waals surface area contributed by atoms with Crippen LogP contribution in [0.4, 0.5) is 5.69 Å². The first-order chi connectivity index (χ1) is 13.0. The highest BCUT2D eigenvalue weighted by Gasteiger charge is 2.19. The number of aromatic nitrogens is 1. The van der Waals surface area contributed by atoms with E-state index in [4.69, 9.17) is 12.2 Å². The number of thiocarbonyl (C=S) groups is 1. The monoisotopic (exact) mass is 379 g/mol. The number of hydrogen-bond acceptors (Lipinski definition) is 1. The molecule has 0 aliphatic heterocycles. The Labute approximate surface area is 168 Å². The lowest BCUT2D eigenvalue weighted by atomic mass is 10.1. The van der Waals surface area contributed by atoms with Crippen LogP contribution in [0.1, 0.15) is 38.3 Å². The van der Waals surface area contributed by atoms with Gasteiger partial charge in [0.2, 0.25) is 0 Å². The molecule has 0 saturated carbocycles. The number of fused-ring (bicyclic) bond motifs is 1. The molecule has 27 heavy (non-hydrogen) atoms. The van der Waals surface area contributed by atoms with E-state index in [9.17, 15) is 0 Å². The predicted molar refractivity (Wildman–Crippen MR) is 120 cm³/mol. The van der Waals surface area contributed by atoms with Crippen molar-refractivity contribution in [2.75, 3.05) is 5.32 Å². The van der Waals surface area contributed by atoms with Crippen LogP contribution in [0.25, 0.3) is 10.9 Å². The van der Waals surface area contributed by atoms with E-state index in [1.54, 1.807) is 0 Å². The van der Waals surface area contributed by atoms with Gasteiger partial charge in [0.25, 0.3) is 0 Å². The number of para-hydroxylation sites is 1. The molecule has 0 aliphatic carbocycles. The first kappa shape index (κ1) is 19.4. The van der Waals surface area contributed by atoms with E-state index in [1.807, 2.05) is 0 Å². The highest BCUT2D eigenvalue weighted by molar-refractivity contribution is 7.80. The van der Waals surface area contributed by atoms with E-state index >= 15 is 0 Å². The molecule has 142 valence electrons. The largest absolute Gasteiger partial charge is 0.347 e. The van der Waals surface area contributed by atoms with Gasteiger partial charge in [-0.1, -0.05) is 42.8 Å². The van der Waals surface area contributed by atoms with Crippen molar-refractivity contribution in [3.8, 4) is 0 Å². The van der Waals surface area contributed by atoms with Crippen LogP contribution in [0.3, 0.4) is 0 Å². The lowest BCUT2D eigenvalue weighted by Crippen LogP contribution is -2.40. The highest BCUT2D eigenvalue weighted by atomic mass is 32.1. The van der Waals surface area contributed by atoms with Gasteiger partial charge in [0.15, 0.2) is 5.11 Å². The Morgan fingerprint density at radius 2 is 1.81 bits per heavy atom. The van der Waals surface area contributed by atoms with E-state index in [0.29, 0.717) is 6.04 Å². The van der Waals surface area contributed by atoms with E-state index in [-0.39, 0.29) is 0 Å². The van der Waals surface area contributed by atoms with E-state index < -0.39 is 0 Å². The zero-order valence-electron chi connectivity index (χ0n) is 16.7. The summed E-state index contributed by atoms with van der Waals surface area (Å²) in [5.41, 5.74) is 4.89. The van der Waals surface area contributed by atoms with Gasteiger partial charge in [-0.25, -0.2) is 0 Å². The van der Waals surface area contributed by atoms with Gasteiger partial charge >= 0.3 is 0 Å². The molecule has 0 saturated heterocycles. The van der Waals surface area contributed by atoms with Crippen molar-refractivity contribution in [1.82, 2.24) is 9.47 Å². The lowest BCUT2D eigenvalue weighted by molar-refractivity contribution is 0.320. The van der Waals surface area contributed by atoms with Crippen LogP contribution in [0, 0.1) is 6.92 Å². The Bertz CT molecular complexity index is 911. The molecule has 1 heterocycles. The van der Waals surface area contributed by atoms with Crippen LogP contribution < -0.4 is 5.32 Å². The Kier molecular flexibility index (Phi) is 6.17. The molecule has 2 aromatic carbocycles. The Morgan fingerprint density at radius 3 is 2.48 bits per heavy atom. The highest BCUT2D eigenvalue weighted by Crippen LogP contribution is 2.24. The maximum atomic E-state index is 5.80. The summed E-state index contributed by atoms with van der Waals surface area (Å²) in [7, 11) is 0. The normalized spacial score (nSPS) is 12.1. The van der Waals surface area contributed by atoms with Gasteiger partial charge in [-0.3, -0.25) is 0 Å². The van der Waals surface area contributed by atoms with Crippen molar-refractivity contribution >= 4 is 33.9 Å². The van der Waals surface area contributed by atoms with Gasteiger partial charge in [-0.15, -0.1) is 0 Å². The molecule has 1 unspecified atom stereocenters. The van der Waals surface area contributed by atoms with Gasteiger partial charge in [0, 0.05) is 41.9 Å². The third kappa shape index (κ3) is 4.33. The first-order valence-electron chi connectivity index (χ1n) is 9.74. The summed E-state index contributed by atoms with van der Waals surface area (Å²) in [5, 5.41) is 5.51. The van der Waals surface area contributed by atoms with Gasteiger partial charge in [-0.2, -0.15) is 0 Å². The maximum absolute atomic E-state index is 5.80. The number of aryl methyl sites for hydroxylation is 2. The molecule has 1 atom stereocenters. The zero-order chi connectivity index (χ0) is 19.4. The summed E-state index contributed by atoms with van der Waals surface area (Å²) in [6.07, 6.45) is 3.32. The molecule has 3 nitrogen and oxygen atoms in total. The molecule has 0 amide bonds. The molecular weight excluding hydrogens is 350 g/mol. The molecule has 3 aromatic rings. The average molecular weight is 380 g/mol. The molecule has 4 heteroatoms. The number of benzene rings is 2. The smallest absolute Gasteiger partial charge is 0.173 e. The summed E-state index contributed by atoms with van der Waals surface area (Å²) in [4.78, 5) is 2.30. The van der Waals surface area contributed by atoms with E-state index in [1.165, 1.54) is 22.0 Å². The molecule has 0 aliphatic rings. The molecule has 0 radical (unpaired) electrons. The zero-order valence-corrected chi connectivity index (χ0v) is 17.5. The number of hydrogen-bond donors (Lipinski definition) is 1. The molecule has 1 N–H and O–H groups in total. The van der Waals surface area contributed by atoms with Crippen molar-refractivity contribution in [2.24, 2.45) is 0 Å². The van der Waals surface area contributed by atoms with Crippen molar-refractivity contribution in [2.45, 2.75) is 53.2 Å². The van der Waals surface area contributed by atoms with Gasteiger partial charge in [0.05, 0.1) is 0 Å². The average Bonchev–Trinajstić information content (AvgIpc) is 3.05. The van der Waals surface area contributed by atoms with Crippen LogP contribution in [0.2, 0.25) is 0 Å². The van der Waals surface area contributed by atoms with Crippen molar-refractivity contribution in [3.05, 3.63) is 65.9 Å². The molecule has 0 bridgehead atoms. The summed E-state index contributed by atoms with van der Waals surface area (Å²) in [5.74, 6) is 0. The van der Waals surface area contributed by atoms with Gasteiger partial charge in [0.1, 0.15) is 0 Å². The molecule has 0 spiro atoms. The molecule has 0 fully saturated rings. The maximum Gasteiger partial charge on any atom is 0.173 e. The molecule has 3 rings (SSSR count). The Hall–Kier alpha value is -2.33. The minimum absolute atomic E-state index is 0.360. The topological polar surface area (TPSA) is 20.2 Å². The van der Waals surface area contributed by atoms with E-state index in [2.05, 4.69) is 97.2 Å². The standard InChI is InChI=1S/C23H29N3S/c1-5-18(4)26(23(27)24-20-13-11-17(3)12-14-20)16-19-15-25(6-2)22-10-8-7-9-21(19)22/h7-15,18H,5-6,16H2,1-4H3,(H,24,27). The predicted octanol–water partition coefficient (Wildman–Crippen LogP) is 5.97. The van der Waals surface area contributed by atoms with Gasteiger partial charge in [-0.05, 0) is 63.2 Å². The minimum atomic E-state index is 0.360. The number of anilines is 1. The summed E-state index contributed by atoms with van der Waals surface area (Å²) >= 11 is 5.80. The van der Waals surface area contributed by atoms with Crippen LogP contribution in [-0.4, -0.2) is 20.6 Å². The lowest BCUT2D eigenvalue weighted by Gasteiger charge is -2.31. The summed E-state index contributed by atoms with van der Waals surface area (Å²) < 4.78 is 2.32. The van der Waals surface area contributed by atoms with Crippen molar-refractivity contribution in [3.63, 3.8) is 0 Å². The second-order valence-corrected chi connectivity index (χ2v) is 7.53. The fourth-order valence-electron chi connectivity index (χ4n) is 3.37. The molecular formula is C23H29N3S. The first-order valence-corrected chi connectivity index (χ1v) is 10.1. The second kappa shape index (κ2) is 8.57. The third-order valence-corrected chi connectivity index (χ3v) is 5.58. The fourth-order valence-corrected chi connectivity index (χ4v) is 3.74. The van der Waals surface area contributed by atoms with Gasteiger partial charge < -0.3 is 14.8 Å². The SMILES string of the molecule is CCC(C)N(Cc1cn(CC)c2ccccc12)C(=S)Nc1ccc(C)cc1. The molecule has 1 aromatic heterocycles. The van der Waals surface area contributed by atoms with Crippen molar-refractivity contribution in [1.29, 1.82) is 0 Å². The number of nitrogens with zero attached hydrogens (tertiary/aromatic N) is 2. The number of rotatable bonds is 6. The Balaban J connectivity index is 1.87. The van der Waals surface area contributed by atoms with Crippen LogP contribution in [0.15, 0.2) is 54.7 Å². The van der Waals surface area contributed by atoms with Crippen LogP contribution in [0.5, 0.6) is 0 Å². The van der Waals surface area contributed by atoms with Crippen LogP contribution >= 0.6 is 12.2 Å². The quantitative estimate of drug-likeness (QED) is 0.533. The summed E-state index contributed by atoms with van der Waals surface area (Å²) in [6, 6.07) is 17.4.